The molecule has 27 heavy (non-hydrogen) atoms. The van der Waals surface area contributed by atoms with Crippen LogP contribution < -0.4 is 10.0 Å². The van der Waals surface area contributed by atoms with Crippen LogP contribution in [0.2, 0.25) is 0 Å². The zero-order valence-electron chi connectivity index (χ0n) is 16.3. The van der Waals surface area contributed by atoms with Crippen molar-refractivity contribution in [1.82, 2.24) is 10.0 Å². The van der Waals surface area contributed by atoms with Gasteiger partial charge >= 0.3 is 0 Å². The van der Waals surface area contributed by atoms with Crippen LogP contribution in [0.1, 0.15) is 44.4 Å². The Morgan fingerprint density at radius 1 is 1.00 bits per heavy atom. The number of carbonyl (C=O) groups is 1. The van der Waals surface area contributed by atoms with Crippen molar-refractivity contribution in [3.05, 3.63) is 65.7 Å². The van der Waals surface area contributed by atoms with Crippen molar-refractivity contribution in [2.24, 2.45) is 5.92 Å². The van der Waals surface area contributed by atoms with Crippen molar-refractivity contribution < 1.29 is 13.2 Å². The first kappa shape index (κ1) is 21.1. The highest BCUT2D eigenvalue weighted by molar-refractivity contribution is 7.89. The summed E-state index contributed by atoms with van der Waals surface area (Å²) in [5.41, 5.74) is 1.94. The number of sulfonamides is 1. The second-order valence-electron chi connectivity index (χ2n) is 6.94. The maximum Gasteiger partial charge on any atom is 0.241 e. The summed E-state index contributed by atoms with van der Waals surface area (Å²) in [5, 5.41) is 2.93. The Morgan fingerprint density at radius 3 is 2.15 bits per heavy atom. The van der Waals surface area contributed by atoms with E-state index in [0.29, 0.717) is 6.42 Å². The average molecular weight is 389 g/mol. The first-order valence-electron chi connectivity index (χ1n) is 9.19. The predicted octanol–water partition coefficient (Wildman–Crippen LogP) is 3.57. The molecule has 2 rings (SSSR count). The van der Waals surface area contributed by atoms with Crippen molar-refractivity contribution in [1.29, 1.82) is 0 Å². The maximum atomic E-state index is 12.9. The molecular formula is C21H28N2O3S. The van der Waals surface area contributed by atoms with Gasteiger partial charge in [-0.1, -0.05) is 68.3 Å². The molecule has 0 fully saturated rings. The summed E-state index contributed by atoms with van der Waals surface area (Å²) in [5.74, 6) is -0.468. The standard InChI is InChI=1S/C21H28N2O3S/c1-5-16(3)20(21(24)22-17(4)18-9-7-6-8-10-18)23-27(25,26)19-13-11-15(2)12-14-19/h6-14,16-17,20,23H,5H2,1-4H3,(H,22,24)/t16-,17-,20+/m0/s1. The van der Waals surface area contributed by atoms with Gasteiger partial charge in [-0.3, -0.25) is 4.79 Å². The van der Waals surface area contributed by atoms with Crippen LogP contribution >= 0.6 is 0 Å². The van der Waals surface area contributed by atoms with E-state index in [2.05, 4.69) is 10.0 Å². The number of amides is 1. The number of rotatable bonds is 8. The highest BCUT2D eigenvalue weighted by atomic mass is 32.2. The molecule has 146 valence electrons. The van der Waals surface area contributed by atoms with Crippen molar-refractivity contribution in [2.75, 3.05) is 0 Å². The lowest BCUT2D eigenvalue weighted by Gasteiger charge is -2.25. The topological polar surface area (TPSA) is 75.3 Å². The molecule has 0 spiro atoms. The molecule has 2 N–H and O–H groups in total. The fourth-order valence-electron chi connectivity index (χ4n) is 2.74. The van der Waals surface area contributed by atoms with E-state index >= 15 is 0 Å². The highest BCUT2D eigenvalue weighted by Gasteiger charge is 2.30. The molecule has 0 heterocycles. The molecule has 1 amide bonds. The van der Waals surface area contributed by atoms with Crippen LogP contribution in [0.15, 0.2) is 59.5 Å². The summed E-state index contributed by atoms with van der Waals surface area (Å²) in [7, 11) is -3.79. The molecule has 0 radical (unpaired) electrons. The third kappa shape index (κ3) is 5.65. The molecule has 2 aromatic carbocycles. The van der Waals surface area contributed by atoms with Crippen LogP contribution in [-0.4, -0.2) is 20.4 Å². The lowest BCUT2D eigenvalue weighted by molar-refractivity contribution is -0.124. The van der Waals surface area contributed by atoms with Gasteiger partial charge in [0.15, 0.2) is 0 Å². The molecule has 0 aliphatic carbocycles. The summed E-state index contributed by atoms with van der Waals surface area (Å²) in [6.45, 7) is 7.58. The highest BCUT2D eigenvalue weighted by Crippen LogP contribution is 2.17. The van der Waals surface area contributed by atoms with E-state index < -0.39 is 16.1 Å². The largest absolute Gasteiger partial charge is 0.348 e. The van der Waals surface area contributed by atoms with Crippen LogP contribution in [0.4, 0.5) is 0 Å². The Kier molecular flexibility index (Phi) is 7.16. The predicted molar refractivity (Wildman–Crippen MR) is 108 cm³/mol. The van der Waals surface area contributed by atoms with Crippen LogP contribution in [-0.2, 0) is 14.8 Å². The van der Waals surface area contributed by atoms with Gasteiger partial charge in [0.05, 0.1) is 10.9 Å². The molecule has 0 unspecified atom stereocenters. The van der Waals surface area contributed by atoms with E-state index in [4.69, 9.17) is 0 Å². The van der Waals surface area contributed by atoms with Gasteiger partial charge in [0.25, 0.3) is 0 Å². The van der Waals surface area contributed by atoms with E-state index in [1.54, 1.807) is 24.3 Å². The normalized spacial score (nSPS) is 15.0. The van der Waals surface area contributed by atoms with Gasteiger partial charge in [-0.25, -0.2) is 8.42 Å². The van der Waals surface area contributed by atoms with E-state index in [9.17, 15) is 13.2 Å². The minimum absolute atomic E-state index is 0.145. The number of hydrogen-bond acceptors (Lipinski definition) is 3. The Bertz CT molecular complexity index is 849. The molecule has 3 atom stereocenters. The van der Waals surface area contributed by atoms with Gasteiger partial charge in [0, 0.05) is 0 Å². The summed E-state index contributed by atoms with van der Waals surface area (Å²) < 4.78 is 28.1. The Morgan fingerprint density at radius 2 is 1.59 bits per heavy atom. The summed E-state index contributed by atoms with van der Waals surface area (Å²) in [4.78, 5) is 13.0. The zero-order valence-corrected chi connectivity index (χ0v) is 17.1. The molecular weight excluding hydrogens is 360 g/mol. The zero-order chi connectivity index (χ0) is 20.0. The molecule has 5 nitrogen and oxygen atoms in total. The van der Waals surface area contributed by atoms with Crippen molar-refractivity contribution in [3.8, 4) is 0 Å². The van der Waals surface area contributed by atoms with Crippen LogP contribution in [0.25, 0.3) is 0 Å². The first-order valence-corrected chi connectivity index (χ1v) is 10.7. The molecule has 6 heteroatoms. The number of aryl methyl sites for hydroxylation is 1. The van der Waals surface area contributed by atoms with E-state index in [1.165, 1.54) is 0 Å². The average Bonchev–Trinajstić information content (AvgIpc) is 2.66. The minimum atomic E-state index is -3.79. The van der Waals surface area contributed by atoms with E-state index in [0.717, 1.165) is 11.1 Å². The molecule has 0 saturated carbocycles. The number of benzene rings is 2. The van der Waals surface area contributed by atoms with Crippen LogP contribution in [0.3, 0.4) is 0 Å². The third-order valence-electron chi connectivity index (χ3n) is 4.77. The monoisotopic (exact) mass is 388 g/mol. The Balaban J connectivity index is 2.19. The maximum absolute atomic E-state index is 12.9. The lowest BCUT2D eigenvalue weighted by Crippen LogP contribution is -2.50. The van der Waals surface area contributed by atoms with Gasteiger partial charge in [0.1, 0.15) is 6.04 Å². The summed E-state index contributed by atoms with van der Waals surface area (Å²) >= 11 is 0. The van der Waals surface area contributed by atoms with Crippen molar-refractivity contribution in [3.63, 3.8) is 0 Å². The van der Waals surface area contributed by atoms with Crippen LogP contribution in [0, 0.1) is 12.8 Å². The molecule has 2 aromatic rings. The number of hydrogen-bond donors (Lipinski definition) is 2. The fourth-order valence-corrected chi connectivity index (χ4v) is 4.05. The molecule has 0 aliphatic heterocycles. The van der Waals surface area contributed by atoms with E-state index in [1.807, 2.05) is 58.0 Å². The molecule has 0 bridgehead atoms. The van der Waals surface area contributed by atoms with Crippen LogP contribution in [0.5, 0.6) is 0 Å². The smallest absolute Gasteiger partial charge is 0.241 e. The van der Waals surface area contributed by atoms with Gasteiger partial charge in [-0.2, -0.15) is 4.72 Å². The number of nitrogens with one attached hydrogen (secondary N) is 2. The molecule has 0 saturated heterocycles. The van der Waals surface area contributed by atoms with Gasteiger partial charge in [0.2, 0.25) is 15.9 Å². The molecule has 0 aromatic heterocycles. The summed E-state index contributed by atoms with van der Waals surface area (Å²) in [6.07, 6.45) is 0.675. The lowest BCUT2D eigenvalue weighted by atomic mass is 9.98. The fraction of sp³-hybridized carbons (Fsp3) is 0.381. The third-order valence-corrected chi connectivity index (χ3v) is 6.22. The van der Waals surface area contributed by atoms with Gasteiger partial charge < -0.3 is 5.32 Å². The quantitative estimate of drug-likeness (QED) is 0.726. The van der Waals surface area contributed by atoms with E-state index in [-0.39, 0.29) is 22.8 Å². The second kappa shape index (κ2) is 9.15. The Hall–Kier alpha value is -2.18. The minimum Gasteiger partial charge on any atom is -0.348 e. The first-order chi connectivity index (χ1) is 12.7. The number of carbonyl (C=O) groups excluding carboxylic acids is 1. The second-order valence-corrected chi connectivity index (χ2v) is 8.65. The SMILES string of the molecule is CC[C@H](C)[C@@H](NS(=O)(=O)c1ccc(C)cc1)C(=O)N[C@@H](C)c1ccccc1. The summed E-state index contributed by atoms with van der Waals surface area (Å²) in [6, 6.07) is 15.1. The van der Waals surface area contributed by atoms with Gasteiger partial charge in [-0.15, -0.1) is 0 Å². The van der Waals surface area contributed by atoms with Gasteiger partial charge in [-0.05, 0) is 37.5 Å². The molecule has 0 aliphatic rings. The Labute approximate surface area is 162 Å². The van der Waals surface area contributed by atoms with Crippen molar-refractivity contribution >= 4 is 15.9 Å². The van der Waals surface area contributed by atoms with Crippen molar-refractivity contribution in [2.45, 2.75) is 51.1 Å².